The molecule has 0 unspecified atom stereocenters. The van der Waals surface area contributed by atoms with Crippen LogP contribution in [0.4, 0.5) is 0 Å². The molecule has 1 saturated heterocycles. The zero-order valence-electron chi connectivity index (χ0n) is 12.7. The minimum Gasteiger partial charge on any atom is -0.317 e. The Balaban J connectivity index is 2.12. The molecule has 0 aliphatic carbocycles. The van der Waals surface area contributed by atoms with Crippen LogP contribution in [0.5, 0.6) is 0 Å². The molecule has 0 spiro atoms. The highest BCUT2D eigenvalue weighted by Crippen LogP contribution is 2.14. The van der Waals surface area contributed by atoms with E-state index in [0.717, 1.165) is 6.04 Å². The number of rotatable bonds is 10. The van der Waals surface area contributed by atoms with Crippen molar-refractivity contribution in [2.45, 2.75) is 77.7 Å². The first kappa shape index (κ1) is 16.0. The number of unbranched alkanes of at least 4 members (excludes halogenated alkanes) is 5. The number of nitrogens with zero attached hydrogens (tertiary/aromatic N) is 1. The van der Waals surface area contributed by atoms with Gasteiger partial charge in [0, 0.05) is 6.04 Å². The first-order valence-electron chi connectivity index (χ1n) is 8.33. The number of hydrogen-bond acceptors (Lipinski definition) is 2. The minimum atomic E-state index is 0.863. The quantitative estimate of drug-likeness (QED) is 0.596. The summed E-state index contributed by atoms with van der Waals surface area (Å²) in [6, 6.07) is 0.863. The summed E-state index contributed by atoms with van der Waals surface area (Å²) in [5.74, 6) is 0. The molecule has 1 aliphatic heterocycles. The predicted octanol–water partition coefficient (Wildman–Crippen LogP) is 3.81. The summed E-state index contributed by atoms with van der Waals surface area (Å²) >= 11 is 0. The van der Waals surface area contributed by atoms with E-state index in [2.05, 4.69) is 24.1 Å². The van der Waals surface area contributed by atoms with Crippen LogP contribution >= 0.6 is 0 Å². The molecule has 1 aliphatic rings. The van der Waals surface area contributed by atoms with E-state index in [9.17, 15) is 0 Å². The minimum absolute atomic E-state index is 0.863. The molecule has 0 bridgehead atoms. The molecular formula is C16H34N2. The summed E-state index contributed by atoms with van der Waals surface area (Å²) < 4.78 is 0. The molecule has 108 valence electrons. The molecule has 0 aromatic carbocycles. The smallest absolute Gasteiger partial charge is 0.0119 e. The van der Waals surface area contributed by atoms with Gasteiger partial charge in [-0.3, -0.25) is 0 Å². The SMILES string of the molecule is CCCCCCCCN(CCC)C1CCNCC1. The molecule has 2 heteroatoms. The van der Waals surface area contributed by atoms with Gasteiger partial charge >= 0.3 is 0 Å². The predicted molar refractivity (Wildman–Crippen MR) is 81.1 cm³/mol. The molecule has 18 heavy (non-hydrogen) atoms. The number of piperidine rings is 1. The Kier molecular flexibility index (Phi) is 9.59. The van der Waals surface area contributed by atoms with E-state index in [4.69, 9.17) is 0 Å². The van der Waals surface area contributed by atoms with Crippen LogP contribution in [0.25, 0.3) is 0 Å². The second-order valence-corrected chi connectivity index (χ2v) is 5.78. The Bertz CT molecular complexity index is 176. The second-order valence-electron chi connectivity index (χ2n) is 5.78. The Labute approximate surface area is 115 Å². The van der Waals surface area contributed by atoms with Gasteiger partial charge in [-0.05, 0) is 51.9 Å². The van der Waals surface area contributed by atoms with Gasteiger partial charge in [-0.15, -0.1) is 0 Å². The van der Waals surface area contributed by atoms with Gasteiger partial charge in [0.2, 0.25) is 0 Å². The third kappa shape index (κ3) is 6.75. The van der Waals surface area contributed by atoms with Crippen LogP contribution in [-0.2, 0) is 0 Å². The first-order chi connectivity index (χ1) is 8.88. The van der Waals surface area contributed by atoms with Crippen molar-refractivity contribution in [1.29, 1.82) is 0 Å². The highest BCUT2D eigenvalue weighted by molar-refractivity contribution is 4.77. The zero-order chi connectivity index (χ0) is 13.1. The molecule has 0 saturated carbocycles. The molecule has 0 amide bonds. The van der Waals surface area contributed by atoms with Crippen molar-refractivity contribution in [2.24, 2.45) is 0 Å². The topological polar surface area (TPSA) is 15.3 Å². The van der Waals surface area contributed by atoms with Gasteiger partial charge in [0.15, 0.2) is 0 Å². The fourth-order valence-electron chi connectivity index (χ4n) is 3.03. The van der Waals surface area contributed by atoms with Crippen LogP contribution in [0.1, 0.15) is 71.6 Å². The van der Waals surface area contributed by atoms with E-state index in [1.165, 1.54) is 84.0 Å². The maximum absolute atomic E-state index is 3.48. The molecule has 0 radical (unpaired) electrons. The van der Waals surface area contributed by atoms with Crippen molar-refractivity contribution >= 4 is 0 Å². The van der Waals surface area contributed by atoms with Crippen molar-refractivity contribution in [1.82, 2.24) is 10.2 Å². The van der Waals surface area contributed by atoms with Gasteiger partial charge in [0.1, 0.15) is 0 Å². The van der Waals surface area contributed by atoms with Gasteiger partial charge < -0.3 is 10.2 Å². The molecule has 1 heterocycles. The average Bonchev–Trinajstić information content (AvgIpc) is 2.42. The van der Waals surface area contributed by atoms with Crippen LogP contribution in [-0.4, -0.2) is 37.1 Å². The van der Waals surface area contributed by atoms with Crippen molar-refractivity contribution in [3.05, 3.63) is 0 Å². The second kappa shape index (κ2) is 10.8. The van der Waals surface area contributed by atoms with Crippen LogP contribution in [0, 0.1) is 0 Å². The average molecular weight is 254 g/mol. The Hall–Kier alpha value is -0.0800. The standard InChI is InChI=1S/C16H34N2/c1-3-5-6-7-8-9-15-18(14-4-2)16-10-12-17-13-11-16/h16-17H,3-15H2,1-2H3. The number of hydrogen-bond donors (Lipinski definition) is 1. The van der Waals surface area contributed by atoms with E-state index in [-0.39, 0.29) is 0 Å². The molecule has 0 atom stereocenters. The third-order valence-corrected chi connectivity index (χ3v) is 4.13. The Morgan fingerprint density at radius 1 is 0.833 bits per heavy atom. The molecule has 2 nitrogen and oxygen atoms in total. The van der Waals surface area contributed by atoms with E-state index in [1.54, 1.807) is 0 Å². The maximum atomic E-state index is 3.48. The van der Waals surface area contributed by atoms with Gasteiger partial charge in [-0.25, -0.2) is 0 Å². The highest BCUT2D eigenvalue weighted by Gasteiger charge is 2.19. The van der Waals surface area contributed by atoms with Crippen LogP contribution in [0.15, 0.2) is 0 Å². The Morgan fingerprint density at radius 3 is 2.17 bits per heavy atom. The largest absolute Gasteiger partial charge is 0.317 e. The summed E-state index contributed by atoms with van der Waals surface area (Å²) in [6.45, 7) is 9.70. The van der Waals surface area contributed by atoms with Crippen molar-refractivity contribution < 1.29 is 0 Å². The summed E-state index contributed by atoms with van der Waals surface area (Å²) in [5.41, 5.74) is 0. The van der Waals surface area contributed by atoms with E-state index < -0.39 is 0 Å². The van der Waals surface area contributed by atoms with Crippen LogP contribution in [0.2, 0.25) is 0 Å². The summed E-state index contributed by atoms with van der Waals surface area (Å²) in [5, 5.41) is 3.48. The molecular weight excluding hydrogens is 220 g/mol. The maximum Gasteiger partial charge on any atom is 0.0119 e. The fraction of sp³-hybridized carbons (Fsp3) is 1.00. The van der Waals surface area contributed by atoms with Crippen LogP contribution in [0.3, 0.4) is 0 Å². The van der Waals surface area contributed by atoms with Gasteiger partial charge in [-0.1, -0.05) is 46.0 Å². The van der Waals surface area contributed by atoms with Gasteiger partial charge in [-0.2, -0.15) is 0 Å². The van der Waals surface area contributed by atoms with E-state index in [0.29, 0.717) is 0 Å². The van der Waals surface area contributed by atoms with Gasteiger partial charge in [0.25, 0.3) is 0 Å². The molecule has 0 aromatic heterocycles. The number of nitrogens with one attached hydrogen (secondary N) is 1. The third-order valence-electron chi connectivity index (χ3n) is 4.13. The van der Waals surface area contributed by atoms with Crippen molar-refractivity contribution in [3.63, 3.8) is 0 Å². The monoisotopic (exact) mass is 254 g/mol. The van der Waals surface area contributed by atoms with Crippen molar-refractivity contribution in [3.8, 4) is 0 Å². The highest BCUT2D eigenvalue weighted by atomic mass is 15.2. The molecule has 1 fully saturated rings. The van der Waals surface area contributed by atoms with Crippen molar-refractivity contribution in [2.75, 3.05) is 26.2 Å². The lowest BCUT2D eigenvalue weighted by molar-refractivity contribution is 0.159. The van der Waals surface area contributed by atoms with E-state index in [1.807, 2.05) is 0 Å². The Morgan fingerprint density at radius 2 is 1.50 bits per heavy atom. The molecule has 1 rings (SSSR count). The van der Waals surface area contributed by atoms with Gasteiger partial charge in [0.05, 0.1) is 0 Å². The fourth-order valence-corrected chi connectivity index (χ4v) is 3.03. The summed E-state index contributed by atoms with van der Waals surface area (Å²) in [6.07, 6.45) is 12.5. The summed E-state index contributed by atoms with van der Waals surface area (Å²) in [4.78, 5) is 2.76. The van der Waals surface area contributed by atoms with Crippen LogP contribution < -0.4 is 5.32 Å². The lowest BCUT2D eigenvalue weighted by atomic mass is 10.0. The zero-order valence-corrected chi connectivity index (χ0v) is 12.7. The lowest BCUT2D eigenvalue weighted by Gasteiger charge is -2.34. The first-order valence-corrected chi connectivity index (χ1v) is 8.33. The van der Waals surface area contributed by atoms with E-state index >= 15 is 0 Å². The molecule has 1 N–H and O–H groups in total. The lowest BCUT2D eigenvalue weighted by Crippen LogP contribution is -2.43. The summed E-state index contributed by atoms with van der Waals surface area (Å²) in [7, 11) is 0. The molecule has 0 aromatic rings. The normalized spacial score (nSPS) is 17.5.